The van der Waals surface area contributed by atoms with Crippen LogP contribution in [0, 0.1) is 5.82 Å². The van der Waals surface area contributed by atoms with Gasteiger partial charge in [0.25, 0.3) is 0 Å². The van der Waals surface area contributed by atoms with E-state index in [-0.39, 0.29) is 5.82 Å². The minimum atomic E-state index is -0.213. The fourth-order valence-electron chi connectivity index (χ4n) is 2.48. The van der Waals surface area contributed by atoms with Crippen LogP contribution in [0.3, 0.4) is 0 Å². The van der Waals surface area contributed by atoms with Gasteiger partial charge in [-0.1, -0.05) is 23.1 Å². The highest BCUT2D eigenvalue weighted by molar-refractivity contribution is 8.00. The summed E-state index contributed by atoms with van der Waals surface area (Å²) in [4.78, 5) is 8.71. The Morgan fingerprint density at radius 1 is 1.25 bits per heavy atom. The molecule has 0 unspecified atom stereocenters. The predicted octanol–water partition coefficient (Wildman–Crippen LogP) is 2.04. The molecule has 2 heterocycles. The van der Waals surface area contributed by atoms with Crippen LogP contribution in [0.2, 0.25) is 0 Å². The fraction of sp³-hybridized carbons (Fsp3) is 0.400. The Balaban J connectivity index is 1.53. The van der Waals surface area contributed by atoms with Crippen molar-refractivity contribution in [1.82, 2.24) is 15.1 Å². The lowest BCUT2D eigenvalue weighted by molar-refractivity contribution is 0.380. The summed E-state index contributed by atoms with van der Waals surface area (Å²) in [6.45, 7) is 3.70. The van der Waals surface area contributed by atoms with Crippen LogP contribution < -0.4 is 10.6 Å². The summed E-state index contributed by atoms with van der Waals surface area (Å²) in [5, 5.41) is 9.01. The first-order valence-electron chi connectivity index (χ1n) is 7.57. The Morgan fingerprint density at radius 2 is 1.96 bits per heavy atom. The number of rotatable bonds is 4. The van der Waals surface area contributed by atoms with E-state index in [1.54, 1.807) is 35.2 Å². The normalized spacial score (nSPS) is 15.8. The number of halogens is 1. The lowest BCUT2D eigenvalue weighted by Crippen LogP contribution is -2.51. The second kappa shape index (κ2) is 7.80. The molecule has 0 spiro atoms. The molecule has 0 amide bonds. The molecule has 0 bridgehead atoms. The van der Waals surface area contributed by atoms with Crippen molar-refractivity contribution >= 4 is 34.7 Å². The van der Waals surface area contributed by atoms with Gasteiger partial charge in [0.05, 0.1) is 6.54 Å². The van der Waals surface area contributed by atoms with E-state index in [0.29, 0.717) is 12.5 Å². The van der Waals surface area contributed by atoms with Gasteiger partial charge in [-0.15, -0.1) is 10.2 Å². The number of hydrogen-bond acceptors (Lipinski definition) is 6. The van der Waals surface area contributed by atoms with Gasteiger partial charge < -0.3 is 15.5 Å². The quantitative estimate of drug-likeness (QED) is 0.507. The van der Waals surface area contributed by atoms with Crippen LogP contribution in [0.25, 0.3) is 0 Å². The number of piperazine rings is 1. The SMILES string of the molecule is CSc1nnc(CN=C(N)N2CCN(c3ccc(F)cc3)CC2)s1. The van der Waals surface area contributed by atoms with Gasteiger partial charge in [0.15, 0.2) is 10.3 Å². The van der Waals surface area contributed by atoms with Crippen LogP contribution in [0.4, 0.5) is 10.1 Å². The molecule has 1 aliphatic heterocycles. The number of hydrogen-bond donors (Lipinski definition) is 1. The molecule has 2 N–H and O–H groups in total. The Hall–Kier alpha value is -1.87. The maximum absolute atomic E-state index is 13.0. The fourth-order valence-corrected chi connectivity index (χ4v) is 3.72. The smallest absolute Gasteiger partial charge is 0.191 e. The molecule has 2 aromatic rings. The van der Waals surface area contributed by atoms with Crippen LogP contribution in [-0.2, 0) is 6.54 Å². The molecular weight excluding hydrogens is 347 g/mol. The molecule has 0 radical (unpaired) electrons. The molecule has 1 saturated heterocycles. The summed E-state index contributed by atoms with van der Waals surface area (Å²) in [6, 6.07) is 6.59. The molecule has 1 aromatic heterocycles. The zero-order chi connectivity index (χ0) is 16.9. The first-order valence-corrected chi connectivity index (χ1v) is 9.61. The summed E-state index contributed by atoms with van der Waals surface area (Å²) < 4.78 is 13.9. The van der Waals surface area contributed by atoms with Crippen LogP contribution >= 0.6 is 23.1 Å². The third-order valence-corrected chi connectivity index (χ3v) is 5.68. The van der Waals surface area contributed by atoms with E-state index in [0.717, 1.165) is 41.2 Å². The summed E-state index contributed by atoms with van der Waals surface area (Å²) >= 11 is 3.12. The largest absolute Gasteiger partial charge is 0.370 e. The summed E-state index contributed by atoms with van der Waals surface area (Å²) in [7, 11) is 0. The van der Waals surface area contributed by atoms with E-state index < -0.39 is 0 Å². The molecule has 1 aliphatic rings. The van der Waals surface area contributed by atoms with Gasteiger partial charge >= 0.3 is 0 Å². The highest BCUT2D eigenvalue weighted by atomic mass is 32.2. The van der Waals surface area contributed by atoms with E-state index >= 15 is 0 Å². The highest BCUT2D eigenvalue weighted by Crippen LogP contribution is 2.20. The minimum Gasteiger partial charge on any atom is -0.370 e. The van der Waals surface area contributed by atoms with Crippen LogP contribution in [0.1, 0.15) is 5.01 Å². The van der Waals surface area contributed by atoms with E-state index in [1.807, 2.05) is 6.26 Å². The van der Waals surface area contributed by atoms with Crippen LogP contribution in [-0.4, -0.2) is 53.5 Å². The van der Waals surface area contributed by atoms with E-state index in [9.17, 15) is 4.39 Å². The first-order chi connectivity index (χ1) is 11.7. The van der Waals surface area contributed by atoms with Crippen molar-refractivity contribution in [2.45, 2.75) is 10.9 Å². The van der Waals surface area contributed by atoms with E-state index in [2.05, 4.69) is 25.0 Å². The Morgan fingerprint density at radius 3 is 2.58 bits per heavy atom. The second-order valence-electron chi connectivity index (χ2n) is 5.29. The Labute approximate surface area is 148 Å². The van der Waals surface area contributed by atoms with Crippen molar-refractivity contribution < 1.29 is 4.39 Å². The van der Waals surface area contributed by atoms with Crippen molar-refractivity contribution in [3.05, 3.63) is 35.1 Å². The van der Waals surface area contributed by atoms with Gasteiger partial charge in [-0.2, -0.15) is 0 Å². The van der Waals surface area contributed by atoms with E-state index in [1.165, 1.54) is 12.1 Å². The predicted molar refractivity (Wildman–Crippen MR) is 97.2 cm³/mol. The maximum Gasteiger partial charge on any atom is 0.191 e. The van der Waals surface area contributed by atoms with Crippen molar-refractivity contribution in [2.24, 2.45) is 10.7 Å². The molecule has 0 atom stereocenters. The number of nitrogens with zero attached hydrogens (tertiary/aromatic N) is 5. The van der Waals surface area contributed by atoms with Gasteiger partial charge in [-0.25, -0.2) is 9.38 Å². The molecule has 0 saturated carbocycles. The van der Waals surface area contributed by atoms with Crippen molar-refractivity contribution in [3.63, 3.8) is 0 Å². The number of thioether (sulfide) groups is 1. The van der Waals surface area contributed by atoms with Crippen molar-refractivity contribution in [2.75, 3.05) is 37.3 Å². The number of aromatic nitrogens is 2. The summed E-state index contributed by atoms with van der Waals surface area (Å²) in [5.41, 5.74) is 7.13. The highest BCUT2D eigenvalue weighted by Gasteiger charge is 2.18. The number of nitrogens with two attached hydrogens (primary N) is 1. The summed E-state index contributed by atoms with van der Waals surface area (Å²) in [5.74, 6) is 0.324. The Kier molecular flexibility index (Phi) is 5.52. The molecule has 1 fully saturated rings. The lowest BCUT2D eigenvalue weighted by atomic mass is 10.2. The van der Waals surface area contributed by atoms with Crippen molar-refractivity contribution in [3.8, 4) is 0 Å². The molecule has 9 heteroatoms. The van der Waals surface area contributed by atoms with Gasteiger partial charge in [-0.05, 0) is 30.5 Å². The average molecular weight is 366 g/mol. The number of anilines is 1. The van der Waals surface area contributed by atoms with Crippen LogP contribution in [0.15, 0.2) is 33.6 Å². The zero-order valence-electron chi connectivity index (χ0n) is 13.4. The number of benzene rings is 1. The molecule has 6 nitrogen and oxygen atoms in total. The Bertz CT molecular complexity index is 694. The summed E-state index contributed by atoms with van der Waals surface area (Å²) in [6.07, 6.45) is 1.97. The van der Waals surface area contributed by atoms with Gasteiger partial charge in [0, 0.05) is 31.9 Å². The zero-order valence-corrected chi connectivity index (χ0v) is 15.0. The second-order valence-corrected chi connectivity index (χ2v) is 7.41. The molecule has 0 aliphatic carbocycles. The molecule has 3 rings (SSSR count). The molecule has 1 aromatic carbocycles. The average Bonchev–Trinajstić information content (AvgIpc) is 3.09. The maximum atomic E-state index is 13.0. The third kappa shape index (κ3) is 4.15. The monoisotopic (exact) mass is 366 g/mol. The lowest BCUT2D eigenvalue weighted by Gasteiger charge is -2.36. The number of aliphatic imine (C=N–C) groups is 1. The molecule has 128 valence electrons. The topological polar surface area (TPSA) is 70.6 Å². The van der Waals surface area contributed by atoms with Crippen LogP contribution in [0.5, 0.6) is 0 Å². The van der Waals surface area contributed by atoms with E-state index in [4.69, 9.17) is 5.73 Å². The third-order valence-electron chi connectivity index (χ3n) is 3.79. The van der Waals surface area contributed by atoms with Gasteiger partial charge in [-0.3, -0.25) is 0 Å². The van der Waals surface area contributed by atoms with Gasteiger partial charge in [0.2, 0.25) is 0 Å². The molecular formula is C15H19FN6S2. The standard InChI is InChI=1S/C15H19FN6S2/c1-23-15-20-19-13(24-15)10-18-14(17)22-8-6-21(7-9-22)12-4-2-11(16)3-5-12/h2-5H,6-10H2,1H3,(H2,17,18). The van der Waals surface area contributed by atoms with Gasteiger partial charge in [0.1, 0.15) is 10.8 Å². The van der Waals surface area contributed by atoms with Crippen molar-refractivity contribution in [1.29, 1.82) is 0 Å². The first kappa shape index (κ1) is 17.0. The minimum absolute atomic E-state index is 0.213. The number of guanidine groups is 1. The molecule has 24 heavy (non-hydrogen) atoms.